The zero-order valence-corrected chi connectivity index (χ0v) is 7.98. The summed E-state index contributed by atoms with van der Waals surface area (Å²) in [6, 6.07) is 0. The Hall–Kier alpha value is -0.160. The third kappa shape index (κ3) is 3.60. The first-order valence-corrected chi connectivity index (χ1v) is 4.87. The summed E-state index contributed by atoms with van der Waals surface area (Å²) >= 11 is 0. The second-order valence-electron chi connectivity index (χ2n) is 3.98. The zero-order valence-electron chi connectivity index (χ0n) is 7.98. The highest BCUT2D eigenvalue weighted by Gasteiger charge is 2.30. The van der Waals surface area contributed by atoms with Gasteiger partial charge in [-0.15, -0.1) is 0 Å². The van der Waals surface area contributed by atoms with Gasteiger partial charge in [0.2, 0.25) is 0 Å². The number of epoxide rings is 2. The minimum Gasteiger partial charge on any atom is -0.392 e. The SMILES string of the molecule is CC(O)CN(CC1CO1)CC1CO1. The second-order valence-corrected chi connectivity index (χ2v) is 3.98. The molecular weight excluding hydrogens is 170 g/mol. The molecule has 0 aromatic carbocycles. The molecule has 0 radical (unpaired) electrons. The molecule has 76 valence electrons. The van der Waals surface area contributed by atoms with Crippen LogP contribution >= 0.6 is 0 Å². The summed E-state index contributed by atoms with van der Waals surface area (Å²) in [5, 5.41) is 9.27. The van der Waals surface area contributed by atoms with E-state index in [0.717, 1.165) is 32.8 Å². The third-order valence-corrected chi connectivity index (χ3v) is 2.25. The summed E-state index contributed by atoms with van der Waals surface area (Å²) in [5.74, 6) is 0. The zero-order chi connectivity index (χ0) is 9.26. The van der Waals surface area contributed by atoms with Crippen molar-refractivity contribution in [3.8, 4) is 0 Å². The predicted octanol–water partition coefficient (Wildman–Crippen LogP) is -0.533. The van der Waals surface area contributed by atoms with Gasteiger partial charge in [-0.3, -0.25) is 4.90 Å². The molecule has 2 heterocycles. The molecule has 0 bridgehead atoms. The number of nitrogens with zero attached hydrogens (tertiary/aromatic N) is 1. The maximum absolute atomic E-state index is 9.27. The Morgan fingerprint density at radius 2 is 1.77 bits per heavy atom. The van der Waals surface area contributed by atoms with Gasteiger partial charge in [0, 0.05) is 19.6 Å². The van der Waals surface area contributed by atoms with Crippen LogP contribution in [-0.2, 0) is 9.47 Å². The summed E-state index contributed by atoms with van der Waals surface area (Å²) in [6.07, 6.45) is 0.535. The fraction of sp³-hybridized carbons (Fsp3) is 1.00. The second kappa shape index (κ2) is 3.92. The quantitative estimate of drug-likeness (QED) is 0.568. The Bertz CT molecular complexity index is 147. The van der Waals surface area contributed by atoms with Crippen molar-refractivity contribution in [2.24, 2.45) is 0 Å². The number of hydrogen-bond acceptors (Lipinski definition) is 4. The number of rotatable bonds is 6. The van der Waals surface area contributed by atoms with Gasteiger partial charge in [-0.1, -0.05) is 0 Å². The van der Waals surface area contributed by atoms with Crippen molar-refractivity contribution in [1.82, 2.24) is 4.90 Å². The van der Waals surface area contributed by atoms with Crippen molar-refractivity contribution in [3.63, 3.8) is 0 Å². The standard InChI is InChI=1S/C9H17NO3/c1-7(11)2-10(3-8-5-12-8)4-9-6-13-9/h7-9,11H,2-6H2,1H3. The van der Waals surface area contributed by atoms with E-state index in [-0.39, 0.29) is 6.10 Å². The monoisotopic (exact) mass is 187 g/mol. The predicted molar refractivity (Wildman–Crippen MR) is 47.6 cm³/mol. The van der Waals surface area contributed by atoms with Gasteiger partial charge in [0.1, 0.15) is 0 Å². The summed E-state index contributed by atoms with van der Waals surface area (Å²) in [6.45, 7) is 6.16. The number of aliphatic hydroxyl groups is 1. The third-order valence-electron chi connectivity index (χ3n) is 2.25. The minimum atomic E-state index is -0.266. The molecular formula is C9H17NO3. The van der Waals surface area contributed by atoms with E-state index in [1.165, 1.54) is 0 Å². The van der Waals surface area contributed by atoms with Crippen LogP contribution in [0.1, 0.15) is 6.92 Å². The van der Waals surface area contributed by atoms with Gasteiger partial charge in [-0.05, 0) is 6.92 Å². The number of ether oxygens (including phenoxy) is 2. The normalized spacial score (nSPS) is 33.5. The highest BCUT2D eigenvalue weighted by molar-refractivity contribution is 4.80. The molecule has 3 atom stereocenters. The molecule has 2 fully saturated rings. The smallest absolute Gasteiger partial charge is 0.0936 e. The summed E-state index contributed by atoms with van der Waals surface area (Å²) in [5.41, 5.74) is 0. The average Bonchev–Trinajstić information content (AvgIpc) is 2.79. The van der Waals surface area contributed by atoms with Crippen LogP contribution in [0.5, 0.6) is 0 Å². The van der Waals surface area contributed by atoms with Gasteiger partial charge in [0.15, 0.2) is 0 Å². The maximum atomic E-state index is 9.27. The van der Waals surface area contributed by atoms with Crippen LogP contribution in [0, 0.1) is 0 Å². The molecule has 2 aliphatic rings. The van der Waals surface area contributed by atoms with Crippen molar-refractivity contribution in [1.29, 1.82) is 0 Å². The molecule has 0 aromatic heterocycles. The van der Waals surface area contributed by atoms with Crippen LogP contribution in [0.2, 0.25) is 0 Å². The fourth-order valence-electron chi connectivity index (χ4n) is 1.52. The van der Waals surface area contributed by atoms with Crippen LogP contribution in [0.25, 0.3) is 0 Å². The Balaban J connectivity index is 1.70. The van der Waals surface area contributed by atoms with Crippen molar-refractivity contribution in [3.05, 3.63) is 0 Å². The van der Waals surface area contributed by atoms with Crippen LogP contribution in [0.3, 0.4) is 0 Å². The van der Waals surface area contributed by atoms with Crippen LogP contribution in [0.4, 0.5) is 0 Å². The number of aliphatic hydroxyl groups excluding tert-OH is 1. The van der Waals surface area contributed by atoms with E-state index >= 15 is 0 Å². The van der Waals surface area contributed by atoms with Gasteiger partial charge < -0.3 is 14.6 Å². The molecule has 1 N–H and O–H groups in total. The van der Waals surface area contributed by atoms with Crippen LogP contribution in [0.15, 0.2) is 0 Å². The first kappa shape index (κ1) is 9.40. The minimum absolute atomic E-state index is 0.266. The van der Waals surface area contributed by atoms with E-state index in [9.17, 15) is 5.11 Å². The molecule has 2 aliphatic heterocycles. The lowest BCUT2D eigenvalue weighted by atomic mass is 10.3. The van der Waals surface area contributed by atoms with E-state index in [4.69, 9.17) is 9.47 Å². The molecule has 0 spiro atoms. The molecule has 0 aromatic rings. The molecule has 0 amide bonds. The molecule has 0 aliphatic carbocycles. The van der Waals surface area contributed by atoms with Gasteiger partial charge >= 0.3 is 0 Å². The van der Waals surface area contributed by atoms with Crippen LogP contribution in [-0.4, -0.2) is 61.2 Å². The molecule has 4 heteroatoms. The molecule has 4 nitrogen and oxygen atoms in total. The maximum Gasteiger partial charge on any atom is 0.0936 e. The Kier molecular flexibility index (Phi) is 2.83. The highest BCUT2D eigenvalue weighted by Crippen LogP contribution is 2.15. The van der Waals surface area contributed by atoms with Crippen molar-refractivity contribution in [2.75, 3.05) is 32.8 Å². The number of hydrogen-bond donors (Lipinski definition) is 1. The largest absolute Gasteiger partial charge is 0.392 e. The van der Waals surface area contributed by atoms with E-state index in [2.05, 4.69) is 4.90 Å². The van der Waals surface area contributed by atoms with Gasteiger partial charge in [-0.2, -0.15) is 0 Å². The first-order chi connectivity index (χ1) is 6.24. The van der Waals surface area contributed by atoms with E-state index < -0.39 is 0 Å². The lowest BCUT2D eigenvalue weighted by Gasteiger charge is -2.21. The van der Waals surface area contributed by atoms with Gasteiger partial charge in [0.05, 0.1) is 31.5 Å². The molecule has 2 rings (SSSR count). The fourth-order valence-corrected chi connectivity index (χ4v) is 1.52. The Morgan fingerprint density at radius 3 is 2.08 bits per heavy atom. The van der Waals surface area contributed by atoms with Crippen molar-refractivity contribution < 1.29 is 14.6 Å². The average molecular weight is 187 g/mol. The van der Waals surface area contributed by atoms with Crippen molar-refractivity contribution >= 4 is 0 Å². The summed E-state index contributed by atoms with van der Waals surface area (Å²) < 4.78 is 10.3. The van der Waals surface area contributed by atoms with Gasteiger partial charge in [-0.25, -0.2) is 0 Å². The topological polar surface area (TPSA) is 48.5 Å². The Labute approximate surface area is 78.4 Å². The molecule has 2 saturated heterocycles. The van der Waals surface area contributed by atoms with Gasteiger partial charge in [0.25, 0.3) is 0 Å². The lowest BCUT2D eigenvalue weighted by Crippen LogP contribution is -2.36. The molecule has 0 saturated carbocycles. The molecule has 3 unspecified atom stereocenters. The summed E-state index contributed by atoms with van der Waals surface area (Å²) in [4.78, 5) is 2.22. The van der Waals surface area contributed by atoms with E-state index in [1.54, 1.807) is 0 Å². The highest BCUT2D eigenvalue weighted by atomic mass is 16.6. The first-order valence-electron chi connectivity index (χ1n) is 4.87. The Morgan fingerprint density at radius 1 is 1.31 bits per heavy atom. The lowest BCUT2D eigenvalue weighted by molar-refractivity contribution is 0.115. The van der Waals surface area contributed by atoms with Crippen molar-refractivity contribution in [2.45, 2.75) is 25.2 Å². The van der Waals surface area contributed by atoms with E-state index in [0.29, 0.717) is 12.2 Å². The van der Waals surface area contributed by atoms with Crippen LogP contribution < -0.4 is 0 Å². The van der Waals surface area contributed by atoms with E-state index in [1.807, 2.05) is 6.92 Å². The molecule has 13 heavy (non-hydrogen) atoms. The summed E-state index contributed by atoms with van der Waals surface area (Å²) in [7, 11) is 0.